The molecular weight excluding hydrogens is 375 g/mol. The van der Waals surface area contributed by atoms with Gasteiger partial charge in [-0.15, -0.1) is 0 Å². The molecule has 0 radical (unpaired) electrons. The van der Waals surface area contributed by atoms with Crippen molar-refractivity contribution in [2.75, 3.05) is 0 Å². The van der Waals surface area contributed by atoms with Crippen LogP contribution in [0.3, 0.4) is 0 Å². The van der Waals surface area contributed by atoms with Gasteiger partial charge in [-0.05, 0) is 42.5 Å². The van der Waals surface area contributed by atoms with Gasteiger partial charge in [0.15, 0.2) is 0 Å². The number of hydrogen-bond donors (Lipinski definition) is 3. The van der Waals surface area contributed by atoms with Crippen molar-refractivity contribution in [3.8, 4) is 0 Å². The van der Waals surface area contributed by atoms with Gasteiger partial charge >= 0.3 is 6.18 Å². The summed E-state index contributed by atoms with van der Waals surface area (Å²) < 4.78 is 38.4. The zero-order valence-electron chi connectivity index (χ0n) is 14.7. The number of aryl methyl sites for hydroxylation is 1. The summed E-state index contributed by atoms with van der Waals surface area (Å²) in [4.78, 5) is 38.3. The van der Waals surface area contributed by atoms with Crippen molar-refractivity contribution < 1.29 is 22.8 Å². The number of halogens is 3. The Morgan fingerprint density at radius 2 is 2.00 bits per heavy atom. The van der Waals surface area contributed by atoms with Crippen LogP contribution in [0.5, 0.6) is 0 Å². The summed E-state index contributed by atoms with van der Waals surface area (Å²) in [6.45, 7) is 0. The lowest BCUT2D eigenvalue weighted by Gasteiger charge is -2.26. The van der Waals surface area contributed by atoms with E-state index in [1.54, 1.807) is 0 Å². The summed E-state index contributed by atoms with van der Waals surface area (Å²) in [5.74, 6) is -1.33. The monoisotopic (exact) mass is 393 g/mol. The number of nitrogens with one attached hydrogen (secondary N) is 2. The Hall–Kier alpha value is -3.10. The van der Waals surface area contributed by atoms with Crippen LogP contribution in [0.25, 0.3) is 0 Å². The van der Waals surface area contributed by atoms with Gasteiger partial charge < -0.3 is 16.0 Å². The third-order valence-electron chi connectivity index (χ3n) is 4.67. The standard InChI is InChI=1S/C19H18F3N3O3/c20-19(21,22)11-4-1-3-10(7-11)8-16(26)24-14-5-2-6-15-12(14)9-13(17(23)27)18(28)25-15/h1,3-4,7,9,14H,2,5-6,8H2,(H2,23,27)(H,24,26)(H,25,28). The fourth-order valence-corrected chi connectivity index (χ4v) is 3.36. The number of benzene rings is 1. The number of pyridine rings is 1. The van der Waals surface area contributed by atoms with Crippen LogP contribution in [0.15, 0.2) is 35.1 Å². The quantitative estimate of drug-likeness (QED) is 0.742. The van der Waals surface area contributed by atoms with Gasteiger partial charge in [-0.1, -0.05) is 18.2 Å². The fourth-order valence-electron chi connectivity index (χ4n) is 3.36. The number of hydrogen-bond acceptors (Lipinski definition) is 3. The zero-order valence-corrected chi connectivity index (χ0v) is 14.7. The molecule has 1 aromatic heterocycles. The maximum atomic E-state index is 12.8. The van der Waals surface area contributed by atoms with Gasteiger partial charge in [0.2, 0.25) is 5.91 Å². The molecule has 0 fully saturated rings. The van der Waals surface area contributed by atoms with Crippen LogP contribution >= 0.6 is 0 Å². The summed E-state index contributed by atoms with van der Waals surface area (Å²) in [6.07, 6.45) is -2.84. The van der Waals surface area contributed by atoms with Crippen LogP contribution in [-0.2, 0) is 23.8 Å². The van der Waals surface area contributed by atoms with E-state index < -0.39 is 35.2 Å². The molecule has 0 saturated carbocycles. The molecule has 6 nitrogen and oxygen atoms in total. The summed E-state index contributed by atoms with van der Waals surface area (Å²) in [5, 5.41) is 2.77. The van der Waals surface area contributed by atoms with Gasteiger partial charge in [0.25, 0.3) is 11.5 Å². The predicted molar refractivity (Wildman–Crippen MR) is 94.6 cm³/mol. The van der Waals surface area contributed by atoms with Gasteiger partial charge in [0.05, 0.1) is 18.0 Å². The van der Waals surface area contributed by atoms with E-state index >= 15 is 0 Å². The van der Waals surface area contributed by atoms with E-state index in [0.29, 0.717) is 30.5 Å². The van der Waals surface area contributed by atoms with Crippen LogP contribution in [0.1, 0.15) is 51.6 Å². The highest BCUT2D eigenvalue weighted by Crippen LogP contribution is 2.30. The number of carbonyl (C=O) groups excluding carboxylic acids is 2. The van der Waals surface area contributed by atoms with Crippen LogP contribution in [0.4, 0.5) is 13.2 Å². The molecule has 0 saturated heterocycles. The minimum absolute atomic E-state index is 0.197. The molecule has 28 heavy (non-hydrogen) atoms. The number of carbonyl (C=O) groups is 2. The number of aromatic amines is 1. The Morgan fingerprint density at radius 3 is 2.68 bits per heavy atom. The smallest absolute Gasteiger partial charge is 0.365 e. The number of fused-ring (bicyclic) bond motifs is 1. The van der Waals surface area contributed by atoms with E-state index in [9.17, 15) is 27.6 Å². The SMILES string of the molecule is NC(=O)c1cc2c([nH]c1=O)CCCC2NC(=O)Cc1cccc(C(F)(F)F)c1. The van der Waals surface area contributed by atoms with Gasteiger partial charge in [-0.3, -0.25) is 14.4 Å². The highest BCUT2D eigenvalue weighted by Gasteiger charge is 2.30. The van der Waals surface area contributed by atoms with Crippen molar-refractivity contribution in [2.24, 2.45) is 5.73 Å². The van der Waals surface area contributed by atoms with Gasteiger partial charge in [0.1, 0.15) is 5.56 Å². The van der Waals surface area contributed by atoms with Gasteiger partial charge in [0, 0.05) is 5.69 Å². The van der Waals surface area contributed by atoms with Crippen molar-refractivity contribution in [1.82, 2.24) is 10.3 Å². The van der Waals surface area contributed by atoms with E-state index in [0.717, 1.165) is 12.1 Å². The predicted octanol–water partition coefficient (Wildman–Crippen LogP) is 2.23. The third-order valence-corrected chi connectivity index (χ3v) is 4.67. The number of H-pyrrole nitrogens is 1. The summed E-state index contributed by atoms with van der Waals surface area (Å²) in [7, 11) is 0. The zero-order chi connectivity index (χ0) is 20.5. The third kappa shape index (κ3) is 4.24. The van der Waals surface area contributed by atoms with Crippen LogP contribution in [-0.4, -0.2) is 16.8 Å². The first-order valence-electron chi connectivity index (χ1n) is 8.66. The second-order valence-electron chi connectivity index (χ2n) is 6.70. The van der Waals surface area contributed by atoms with E-state index in [1.807, 2.05) is 0 Å². The number of aromatic nitrogens is 1. The number of amides is 2. The van der Waals surface area contributed by atoms with E-state index in [2.05, 4.69) is 10.3 Å². The van der Waals surface area contributed by atoms with Crippen molar-refractivity contribution in [1.29, 1.82) is 0 Å². The van der Waals surface area contributed by atoms with Crippen LogP contribution < -0.4 is 16.6 Å². The highest BCUT2D eigenvalue weighted by atomic mass is 19.4. The Labute approximate surface area is 157 Å². The Bertz CT molecular complexity index is 982. The molecule has 2 amide bonds. The molecule has 0 aliphatic heterocycles. The van der Waals surface area contributed by atoms with Gasteiger partial charge in [-0.2, -0.15) is 13.2 Å². The normalized spacial score (nSPS) is 16.3. The minimum Gasteiger partial charge on any atom is -0.365 e. The first kappa shape index (κ1) is 19.7. The molecule has 2 aromatic rings. The van der Waals surface area contributed by atoms with E-state index in [4.69, 9.17) is 5.73 Å². The average Bonchev–Trinajstić information content (AvgIpc) is 2.60. The second-order valence-corrected chi connectivity index (χ2v) is 6.70. The van der Waals surface area contributed by atoms with Crippen LogP contribution in [0, 0.1) is 0 Å². The molecule has 1 heterocycles. The van der Waals surface area contributed by atoms with Crippen molar-refractivity contribution in [3.05, 3.63) is 68.6 Å². The topological polar surface area (TPSA) is 105 Å². The first-order valence-corrected chi connectivity index (χ1v) is 8.66. The summed E-state index contributed by atoms with van der Waals surface area (Å²) in [5.41, 5.74) is 5.06. The molecule has 1 unspecified atom stereocenters. The molecule has 148 valence electrons. The number of rotatable bonds is 4. The van der Waals surface area contributed by atoms with E-state index in [1.165, 1.54) is 18.2 Å². The molecule has 1 atom stereocenters. The molecule has 1 aliphatic carbocycles. The largest absolute Gasteiger partial charge is 0.416 e. The average molecular weight is 393 g/mol. The lowest BCUT2D eigenvalue weighted by atomic mass is 9.90. The second kappa shape index (κ2) is 7.49. The minimum atomic E-state index is -4.48. The summed E-state index contributed by atoms with van der Waals surface area (Å²) in [6, 6.07) is 5.51. The lowest BCUT2D eigenvalue weighted by molar-refractivity contribution is -0.137. The molecule has 0 bridgehead atoms. The molecule has 4 N–H and O–H groups in total. The van der Waals surface area contributed by atoms with Crippen LogP contribution in [0.2, 0.25) is 0 Å². The summed E-state index contributed by atoms with van der Waals surface area (Å²) >= 11 is 0. The number of primary amides is 1. The molecule has 1 aromatic carbocycles. The molecule has 1 aliphatic rings. The Balaban J connectivity index is 1.78. The van der Waals surface area contributed by atoms with E-state index in [-0.39, 0.29) is 17.5 Å². The van der Waals surface area contributed by atoms with Crippen molar-refractivity contribution in [2.45, 2.75) is 37.9 Å². The molecule has 3 rings (SSSR count). The fraction of sp³-hybridized carbons (Fsp3) is 0.316. The Kier molecular flexibility index (Phi) is 5.26. The molecule has 9 heteroatoms. The maximum absolute atomic E-state index is 12.8. The molecule has 0 spiro atoms. The lowest BCUT2D eigenvalue weighted by Crippen LogP contribution is -2.34. The first-order chi connectivity index (χ1) is 13.1. The van der Waals surface area contributed by atoms with Gasteiger partial charge in [-0.25, -0.2) is 0 Å². The van der Waals surface area contributed by atoms with Crippen molar-refractivity contribution >= 4 is 11.8 Å². The van der Waals surface area contributed by atoms with Crippen molar-refractivity contribution in [3.63, 3.8) is 0 Å². The number of alkyl halides is 3. The maximum Gasteiger partial charge on any atom is 0.416 e. The highest BCUT2D eigenvalue weighted by molar-refractivity contribution is 5.92. The number of nitrogens with two attached hydrogens (primary N) is 1. The Morgan fingerprint density at radius 1 is 1.25 bits per heavy atom. The molecular formula is C19H18F3N3O3.